The normalized spacial score (nSPS) is 13.6. The predicted octanol–water partition coefficient (Wildman–Crippen LogP) is 3.00. The summed E-state index contributed by atoms with van der Waals surface area (Å²) in [6.07, 6.45) is 1.96. The van der Waals surface area contributed by atoms with Gasteiger partial charge in [0.2, 0.25) is 0 Å². The highest BCUT2D eigenvalue weighted by Gasteiger charge is 2.25. The van der Waals surface area contributed by atoms with E-state index in [2.05, 4.69) is 5.32 Å². The second kappa shape index (κ2) is 10.2. The largest absolute Gasteiger partial charge is 0.467 e. The van der Waals surface area contributed by atoms with E-state index in [9.17, 15) is 14.7 Å². The Morgan fingerprint density at radius 1 is 1.15 bits per heavy atom. The first-order chi connectivity index (χ1) is 12.1. The number of benzene rings is 1. The van der Waals surface area contributed by atoms with Crippen LogP contribution >= 0.6 is 0 Å². The Bertz CT molecular complexity index is 575. The molecule has 2 N–H and O–H groups in total. The summed E-state index contributed by atoms with van der Waals surface area (Å²) in [4.78, 5) is 23.9. The van der Waals surface area contributed by atoms with Gasteiger partial charge in [0, 0.05) is 6.42 Å². The number of aryl methyl sites for hydroxylation is 1. The number of amides is 1. The lowest BCUT2D eigenvalue weighted by Gasteiger charge is -2.22. The van der Waals surface area contributed by atoms with E-state index in [1.807, 2.05) is 24.3 Å². The van der Waals surface area contributed by atoms with Crippen molar-refractivity contribution in [3.8, 4) is 0 Å². The lowest BCUT2D eigenvalue weighted by atomic mass is 10.0. The van der Waals surface area contributed by atoms with E-state index in [4.69, 9.17) is 9.47 Å². The van der Waals surface area contributed by atoms with Crippen molar-refractivity contribution in [2.24, 2.45) is 0 Å². The van der Waals surface area contributed by atoms with Gasteiger partial charge >= 0.3 is 12.1 Å². The Labute approximate surface area is 155 Å². The van der Waals surface area contributed by atoms with Gasteiger partial charge in [-0.05, 0) is 58.1 Å². The summed E-state index contributed by atoms with van der Waals surface area (Å²) < 4.78 is 9.99. The fourth-order valence-corrected chi connectivity index (χ4v) is 2.46. The molecule has 0 aliphatic carbocycles. The number of aliphatic hydroxyl groups is 1. The number of methoxy groups -OCH3 is 1. The summed E-state index contributed by atoms with van der Waals surface area (Å²) in [5.41, 5.74) is 1.44. The Morgan fingerprint density at radius 3 is 2.23 bits per heavy atom. The average Bonchev–Trinajstić information content (AvgIpc) is 2.53. The van der Waals surface area contributed by atoms with Crippen molar-refractivity contribution in [3.63, 3.8) is 0 Å². The minimum absolute atomic E-state index is 0.283. The van der Waals surface area contributed by atoms with Crippen LogP contribution in [0.2, 0.25) is 0 Å². The van der Waals surface area contributed by atoms with E-state index in [-0.39, 0.29) is 6.10 Å². The zero-order valence-electron chi connectivity index (χ0n) is 16.4. The molecule has 0 bridgehead atoms. The molecule has 146 valence electrons. The second-order valence-electron chi connectivity index (χ2n) is 7.48. The molecule has 1 rings (SSSR count). The van der Waals surface area contributed by atoms with Crippen LogP contribution in [0, 0.1) is 0 Å². The first-order valence-corrected chi connectivity index (χ1v) is 8.94. The zero-order chi connectivity index (χ0) is 19.7. The number of nitrogens with one attached hydrogen (secondary N) is 1. The molecule has 1 amide bonds. The van der Waals surface area contributed by atoms with Gasteiger partial charge in [0.25, 0.3) is 0 Å². The van der Waals surface area contributed by atoms with Gasteiger partial charge in [-0.1, -0.05) is 24.3 Å². The highest BCUT2D eigenvalue weighted by Crippen LogP contribution is 2.12. The monoisotopic (exact) mass is 365 g/mol. The molecule has 6 nitrogen and oxygen atoms in total. The van der Waals surface area contributed by atoms with E-state index in [1.165, 1.54) is 12.7 Å². The number of ether oxygens (including phenoxy) is 2. The number of carbonyl (C=O) groups excluding carboxylic acids is 2. The SMILES string of the molecule is COC(=O)[C@H](Cc1ccc(CCCC(C)O)cc1)NC(=O)OC(C)(C)C. The van der Waals surface area contributed by atoms with Crippen LogP contribution in [0.3, 0.4) is 0 Å². The van der Waals surface area contributed by atoms with Crippen molar-refractivity contribution in [1.29, 1.82) is 0 Å². The first-order valence-electron chi connectivity index (χ1n) is 8.94. The van der Waals surface area contributed by atoms with Crippen LogP contribution in [0.15, 0.2) is 24.3 Å². The molecular weight excluding hydrogens is 334 g/mol. The lowest BCUT2D eigenvalue weighted by Crippen LogP contribution is -2.45. The van der Waals surface area contributed by atoms with Crippen LogP contribution < -0.4 is 5.32 Å². The average molecular weight is 365 g/mol. The first kappa shape index (κ1) is 22.0. The molecule has 0 heterocycles. The number of aliphatic hydroxyl groups excluding tert-OH is 1. The van der Waals surface area contributed by atoms with E-state index < -0.39 is 23.7 Å². The molecule has 0 radical (unpaired) electrons. The Hall–Kier alpha value is -2.08. The molecule has 26 heavy (non-hydrogen) atoms. The lowest BCUT2D eigenvalue weighted by molar-refractivity contribution is -0.143. The Morgan fingerprint density at radius 2 is 1.73 bits per heavy atom. The predicted molar refractivity (Wildman–Crippen MR) is 99.9 cm³/mol. The maximum absolute atomic E-state index is 12.0. The van der Waals surface area contributed by atoms with Crippen molar-refractivity contribution >= 4 is 12.1 Å². The van der Waals surface area contributed by atoms with Gasteiger partial charge in [-0.15, -0.1) is 0 Å². The van der Waals surface area contributed by atoms with Gasteiger partial charge in [0.1, 0.15) is 11.6 Å². The van der Waals surface area contributed by atoms with Gasteiger partial charge in [0.15, 0.2) is 0 Å². The van der Waals surface area contributed by atoms with Crippen LogP contribution in [0.1, 0.15) is 51.7 Å². The number of esters is 1. The second-order valence-corrected chi connectivity index (χ2v) is 7.48. The summed E-state index contributed by atoms with van der Waals surface area (Å²) in [5.74, 6) is -0.517. The van der Waals surface area contributed by atoms with E-state index in [0.29, 0.717) is 6.42 Å². The summed E-state index contributed by atoms with van der Waals surface area (Å²) in [5, 5.41) is 11.9. The standard InChI is InChI=1S/C20H31NO5/c1-14(22)7-6-8-15-9-11-16(12-10-15)13-17(18(23)25-5)21-19(24)26-20(2,3)4/h9-12,14,17,22H,6-8,13H2,1-5H3,(H,21,24)/t14?,17-/m0/s1. The van der Waals surface area contributed by atoms with Crippen molar-refractivity contribution in [3.05, 3.63) is 35.4 Å². The number of carbonyl (C=O) groups is 2. The molecule has 0 spiro atoms. The summed E-state index contributed by atoms with van der Waals surface area (Å²) in [6.45, 7) is 7.07. The summed E-state index contributed by atoms with van der Waals surface area (Å²) in [6, 6.07) is 7.06. The zero-order valence-corrected chi connectivity index (χ0v) is 16.4. The molecule has 1 unspecified atom stereocenters. The maximum atomic E-state index is 12.0. The summed E-state index contributed by atoms with van der Waals surface area (Å²) in [7, 11) is 1.29. The molecule has 0 fully saturated rings. The van der Waals surface area contributed by atoms with Gasteiger partial charge in [-0.3, -0.25) is 0 Å². The maximum Gasteiger partial charge on any atom is 0.408 e. The number of rotatable bonds is 8. The van der Waals surface area contributed by atoms with Gasteiger partial charge < -0.3 is 19.9 Å². The highest BCUT2D eigenvalue weighted by atomic mass is 16.6. The Kier molecular flexibility index (Phi) is 8.58. The molecule has 0 aliphatic heterocycles. The third-order valence-corrected chi connectivity index (χ3v) is 3.73. The van der Waals surface area contributed by atoms with Crippen molar-refractivity contribution in [2.45, 2.75) is 71.1 Å². The molecule has 1 aromatic rings. The third-order valence-electron chi connectivity index (χ3n) is 3.73. The molecular formula is C20H31NO5. The van der Waals surface area contributed by atoms with Crippen molar-refractivity contribution < 1.29 is 24.2 Å². The van der Waals surface area contributed by atoms with Gasteiger partial charge in [-0.25, -0.2) is 9.59 Å². The van der Waals surface area contributed by atoms with E-state index in [1.54, 1.807) is 27.7 Å². The third kappa shape index (κ3) is 8.85. The topological polar surface area (TPSA) is 84.9 Å². The highest BCUT2D eigenvalue weighted by molar-refractivity contribution is 5.81. The van der Waals surface area contributed by atoms with E-state index in [0.717, 1.165) is 24.8 Å². The molecule has 1 aromatic carbocycles. The van der Waals surface area contributed by atoms with Gasteiger partial charge in [0.05, 0.1) is 13.2 Å². The number of hydrogen-bond donors (Lipinski definition) is 2. The fraction of sp³-hybridized carbons (Fsp3) is 0.600. The van der Waals surface area contributed by atoms with Gasteiger partial charge in [-0.2, -0.15) is 0 Å². The van der Waals surface area contributed by atoms with Crippen LogP contribution in [-0.4, -0.2) is 42.0 Å². The number of hydrogen-bond acceptors (Lipinski definition) is 5. The smallest absolute Gasteiger partial charge is 0.408 e. The minimum atomic E-state index is -0.809. The summed E-state index contributed by atoms with van der Waals surface area (Å²) >= 11 is 0. The molecule has 0 aromatic heterocycles. The van der Waals surface area contributed by atoms with Crippen LogP contribution in [0.4, 0.5) is 4.79 Å². The van der Waals surface area contributed by atoms with Crippen LogP contribution in [0.5, 0.6) is 0 Å². The van der Waals surface area contributed by atoms with E-state index >= 15 is 0 Å². The Balaban J connectivity index is 2.67. The molecule has 0 saturated heterocycles. The minimum Gasteiger partial charge on any atom is -0.467 e. The molecule has 2 atom stereocenters. The molecule has 0 aliphatic rings. The quantitative estimate of drug-likeness (QED) is 0.692. The fourth-order valence-electron chi connectivity index (χ4n) is 2.46. The number of alkyl carbamates (subject to hydrolysis) is 1. The molecule has 0 saturated carbocycles. The van der Waals surface area contributed by atoms with Crippen LogP contribution in [0.25, 0.3) is 0 Å². The van der Waals surface area contributed by atoms with Crippen molar-refractivity contribution in [2.75, 3.05) is 7.11 Å². The molecule has 6 heteroatoms. The van der Waals surface area contributed by atoms with Crippen molar-refractivity contribution in [1.82, 2.24) is 5.32 Å². The van der Waals surface area contributed by atoms with Crippen LogP contribution in [-0.2, 0) is 27.1 Å².